The number of piperazine rings is 1. The third-order valence-electron chi connectivity index (χ3n) is 4.34. The molecule has 3 heterocycles. The monoisotopic (exact) mass is 298 g/mol. The zero-order chi connectivity index (χ0) is 14.3. The van der Waals surface area contributed by atoms with E-state index in [0.717, 1.165) is 25.3 Å². The zero-order valence-corrected chi connectivity index (χ0v) is 12.9. The highest BCUT2D eigenvalue weighted by molar-refractivity contribution is 7.86. The van der Waals surface area contributed by atoms with Gasteiger partial charge in [-0.1, -0.05) is 0 Å². The van der Waals surface area contributed by atoms with E-state index in [9.17, 15) is 8.42 Å². The number of nitrogens with one attached hydrogen (secondary N) is 1. The minimum atomic E-state index is -3.35. The average molecular weight is 298 g/mol. The molecular weight excluding hydrogens is 276 g/mol. The predicted molar refractivity (Wildman–Crippen MR) is 77.7 cm³/mol. The Morgan fingerprint density at radius 1 is 1.15 bits per heavy atom. The van der Waals surface area contributed by atoms with Crippen molar-refractivity contribution in [1.29, 1.82) is 0 Å². The molecule has 1 aromatic heterocycles. The summed E-state index contributed by atoms with van der Waals surface area (Å²) in [5.74, 6) is 0. The zero-order valence-electron chi connectivity index (χ0n) is 12.0. The van der Waals surface area contributed by atoms with Gasteiger partial charge in [0.25, 0.3) is 10.2 Å². The Kier molecular flexibility index (Phi) is 3.62. The van der Waals surface area contributed by atoms with Crippen molar-refractivity contribution >= 4 is 10.2 Å². The molecule has 1 unspecified atom stereocenters. The molecule has 0 bridgehead atoms. The molecular formula is C13H22N4O2S. The van der Waals surface area contributed by atoms with E-state index in [4.69, 9.17) is 0 Å². The molecule has 0 spiro atoms. The van der Waals surface area contributed by atoms with Gasteiger partial charge in [0.15, 0.2) is 0 Å². The molecule has 0 aromatic carbocycles. The maximum absolute atomic E-state index is 12.8. The summed E-state index contributed by atoms with van der Waals surface area (Å²) in [6.07, 6.45) is 0. The van der Waals surface area contributed by atoms with Crippen LogP contribution in [0.3, 0.4) is 0 Å². The minimum Gasteiger partial charge on any atom is -0.346 e. The molecule has 112 valence electrons. The molecule has 2 aliphatic rings. The summed E-state index contributed by atoms with van der Waals surface area (Å²) >= 11 is 0. The van der Waals surface area contributed by atoms with Gasteiger partial charge < -0.3 is 9.88 Å². The fraction of sp³-hybridized carbons (Fsp3) is 0.692. The molecule has 20 heavy (non-hydrogen) atoms. The Bertz CT molecular complexity index is 590. The van der Waals surface area contributed by atoms with Crippen LogP contribution in [0.4, 0.5) is 0 Å². The highest BCUT2D eigenvalue weighted by Gasteiger charge is 2.37. The summed E-state index contributed by atoms with van der Waals surface area (Å²) in [6.45, 7) is 7.92. The lowest BCUT2D eigenvalue weighted by molar-refractivity contribution is 0.246. The van der Waals surface area contributed by atoms with Gasteiger partial charge >= 0.3 is 0 Å². The first kappa shape index (κ1) is 14.1. The fourth-order valence-corrected chi connectivity index (χ4v) is 4.90. The highest BCUT2D eigenvalue weighted by Crippen LogP contribution is 2.30. The molecule has 1 aromatic rings. The van der Waals surface area contributed by atoms with E-state index in [2.05, 4.69) is 22.9 Å². The van der Waals surface area contributed by atoms with Gasteiger partial charge in [0.1, 0.15) is 0 Å². The van der Waals surface area contributed by atoms with Crippen LogP contribution in [0.15, 0.2) is 12.1 Å². The van der Waals surface area contributed by atoms with Crippen LogP contribution in [0.1, 0.15) is 24.4 Å². The molecule has 7 heteroatoms. The van der Waals surface area contributed by atoms with Gasteiger partial charge in [0.2, 0.25) is 0 Å². The Hall–Kier alpha value is -0.890. The lowest BCUT2D eigenvalue weighted by Gasteiger charge is -2.38. The van der Waals surface area contributed by atoms with Crippen LogP contribution in [-0.2, 0) is 16.8 Å². The van der Waals surface area contributed by atoms with Crippen LogP contribution in [0, 0.1) is 6.92 Å². The molecule has 3 rings (SSSR count). The lowest BCUT2D eigenvalue weighted by Crippen LogP contribution is -2.53. The van der Waals surface area contributed by atoms with Crippen molar-refractivity contribution in [1.82, 2.24) is 18.5 Å². The topological polar surface area (TPSA) is 57.6 Å². The SMILES string of the molecule is Cc1ccc2n1CCN(S(=O)(=O)N1CCNCC1)C2C. The largest absolute Gasteiger partial charge is 0.346 e. The number of nitrogens with zero attached hydrogens (tertiary/aromatic N) is 3. The molecule has 0 aliphatic carbocycles. The molecule has 0 amide bonds. The standard InChI is InChI=1S/C13H22N4O2S/c1-11-3-4-13-12(2)17(10-9-16(11)13)20(18,19)15-7-5-14-6-8-15/h3-4,12,14H,5-10H2,1-2H3. The maximum atomic E-state index is 12.8. The van der Waals surface area contributed by atoms with Crippen molar-refractivity contribution in [2.45, 2.75) is 26.4 Å². The number of aromatic nitrogens is 1. The van der Waals surface area contributed by atoms with Crippen LogP contribution in [0.2, 0.25) is 0 Å². The maximum Gasteiger partial charge on any atom is 0.282 e. The summed E-state index contributed by atoms with van der Waals surface area (Å²) < 4.78 is 31.0. The molecule has 0 saturated carbocycles. The van der Waals surface area contributed by atoms with Crippen molar-refractivity contribution in [2.75, 3.05) is 32.7 Å². The molecule has 6 nitrogen and oxygen atoms in total. The van der Waals surface area contributed by atoms with Crippen LogP contribution in [0.25, 0.3) is 0 Å². The summed E-state index contributed by atoms with van der Waals surface area (Å²) in [5, 5.41) is 3.19. The van der Waals surface area contributed by atoms with Gasteiger partial charge in [-0.15, -0.1) is 0 Å². The van der Waals surface area contributed by atoms with Gasteiger partial charge in [-0.25, -0.2) is 0 Å². The molecule has 0 radical (unpaired) electrons. The summed E-state index contributed by atoms with van der Waals surface area (Å²) in [4.78, 5) is 0. The highest BCUT2D eigenvalue weighted by atomic mass is 32.2. The first-order valence-electron chi connectivity index (χ1n) is 7.15. The number of hydrogen-bond acceptors (Lipinski definition) is 3. The van der Waals surface area contributed by atoms with Crippen LogP contribution in [-0.4, -0.2) is 54.3 Å². The smallest absolute Gasteiger partial charge is 0.282 e. The molecule has 1 saturated heterocycles. The van der Waals surface area contributed by atoms with E-state index in [-0.39, 0.29) is 6.04 Å². The molecule has 2 aliphatic heterocycles. The third kappa shape index (κ3) is 2.18. The lowest BCUT2D eigenvalue weighted by atomic mass is 10.2. The Morgan fingerprint density at radius 2 is 1.85 bits per heavy atom. The second-order valence-electron chi connectivity index (χ2n) is 5.49. The normalized spacial score (nSPS) is 25.6. The number of rotatable bonds is 2. The van der Waals surface area contributed by atoms with E-state index in [1.165, 1.54) is 5.69 Å². The Balaban J connectivity index is 1.88. The van der Waals surface area contributed by atoms with Crippen molar-refractivity contribution in [3.05, 3.63) is 23.5 Å². The quantitative estimate of drug-likeness (QED) is 0.856. The van der Waals surface area contributed by atoms with Gasteiger partial charge in [-0.3, -0.25) is 0 Å². The van der Waals surface area contributed by atoms with E-state index in [1.54, 1.807) is 8.61 Å². The second-order valence-corrected chi connectivity index (χ2v) is 7.38. The predicted octanol–water partition coefficient (Wildman–Crippen LogP) is 0.323. The van der Waals surface area contributed by atoms with Crippen LogP contribution < -0.4 is 5.32 Å². The van der Waals surface area contributed by atoms with Crippen molar-refractivity contribution in [3.8, 4) is 0 Å². The Morgan fingerprint density at radius 3 is 2.55 bits per heavy atom. The van der Waals surface area contributed by atoms with Gasteiger partial charge in [0, 0.05) is 50.7 Å². The molecule has 1 atom stereocenters. The first-order chi connectivity index (χ1) is 9.51. The summed E-state index contributed by atoms with van der Waals surface area (Å²) in [5.41, 5.74) is 2.29. The van der Waals surface area contributed by atoms with E-state index in [1.807, 2.05) is 13.0 Å². The summed E-state index contributed by atoms with van der Waals surface area (Å²) in [7, 11) is -3.35. The van der Waals surface area contributed by atoms with Gasteiger partial charge in [-0.2, -0.15) is 17.0 Å². The fourth-order valence-electron chi connectivity index (χ4n) is 3.14. The van der Waals surface area contributed by atoms with Crippen LogP contribution >= 0.6 is 0 Å². The average Bonchev–Trinajstić information content (AvgIpc) is 2.83. The van der Waals surface area contributed by atoms with Gasteiger partial charge in [0.05, 0.1) is 6.04 Å². The minimum absolute atomic E-state index is 0.0997. The summed E-state index contributed by atoms with van der Waals surface area (Å²) in [6, 6.07) is 4.00. The number of fused-ring (bicyclic) bond motifs is 1. The van der Waals surface area contributed by atoms with Crippen molar-refractivity contribution in [2.24, 2.45) is 0 Å². The van der Waals surface area contributed by atoms with Gasteiger partial charge in [-0.05, 0) is 26.0 Å². The third-order valence-corrected chi connectivity index (χ3v) is 6.44. The van der Waals surface area contributed by atoms with Crippen LogP contribution in [0.5, 0.6) is 0 Å². The second kappa shape index (κ2) is 5.14. The van der Waals surface area contributed by atoms with E-state index < -0.39 is 10.2 Å². The Labute approximate surface area is 120 Å². The molecule has 1 fully saturated rings. The van der Waals surface area contributed by atoms with E-state index >= 15 is 0 Å². The van der Waals surface area contributed by atoms with Crippen molar-refractivity contribution < 1.29 is 8.42 Å². The number of aryl methyl sites for hydroxylation is 1. The molecule has 1 N–H and O–H groups in total. The van der Waals surface area contributed by atoms with Crippen molar-refractivity contribution in [3.63, 3.8) is 0 Å². The first-order valence-corrected chi connectivity index (χ1v) is 8.55. The number of hydrogen-bond donors (Lipinski definition) is 1. The van der Waals surface area contributed by atoms with E-state index in [0.29, 0.717) is 19.6 Å².